The van der Waals surface area contributed by atoms with Crippen LogP contribution >= 0.6 is 0 Å². The molecule has 1 aromatic rings. The maximum absolute atomic E-state index is 12.3. The van der Waals surface area contributed by atoms with E-state index in [2.05, 4.69) is 24.1 Å². The second-order valence-electron chi connectivity index (χ2n) is 7.39. The van der Waals surface area contributed by atoms with Gasteiger partial charge in [0.1, 0.15) is 5.75 Å². The van der Waals surface area contributed by atoms with Crippen molar-refractivity contribution in [2.45, 2.75) is 39.7 Å². The summed E-state index contributed by atoms with van der Waals surface area (Å²) in [5, 5.41) is 2.89. The summed E-state index contributed by atoms with van der Waals surface area (Å²) in [5.74, 6) is 1.22. The van der Waals surface area contributed by atoms with E-state index in [1.54, 1.807) is 4.90 Å². The van der Waals surface area contributed by atoms with Gasteiger partial charge in [0.25, 0.3) is 5.91 Å². The van der Waals surface area contributed by atoms with E-state index in [1.165, 1.54) is 5.56 Å². The molecule has 0 spiro atoms. The normalized spacial score (nSPS) is 15.4. The maximum Gasteiger partial charge on any atom is 0.260 e. The average molecular weight is 361 g/mol. The molecule has 6 heteroatoms. The molecule has 1 saturated heterocycles. The first kappa shape index (κ1) is 20.2. The zero-order valence-corrected chi connectivity index (χ0v) is 16.3. The molecule has 0 saturated carbocycles. The van der Waals surface area contributed by atoms with Gasteiger partial charge in [-0.2, -0.15) is 0 Å². The first-order chi connectivity index (χ1) is 12.3. The van der Waals surface area contributed by atoms with E-state index < -0.39 is 0 Å². The topological polar surface area (TPSA) is 61.9 Å². The lowest BCUT2D eigenvalue weighted by atomic mass is 10.0. The number of nitrogens with one attached hydrogen (secondary N) is 1. The van der Waals surface area contributed by atoms with Crippen molar-refractivity contribution in [1.29, 1.82) is 0 Å². The molecule has 2 rings (SSSR count). The van der Waals surface area contributed by atoms with E-state index in [1.807, 2.05) is 38.1 Å². The largest absolute Gasteiger partial charge is 0.484 e. The SMILES string of the molecule is CC(C)NC(=O)CN1CCN(C(=O)COc2ccc(C(C)C)cc2)CC1. The lowest BCUT2D eigenvalue weighted by Crippen LogP contribution is -2.52. The van der Waals surface area contributed by atoms with Gasteiger partial charge in [-0.3, -0.25) is 14.5 Å². The van der Waals surface area contributed by atoms with Crippen molar-refractivity contribution in [3.63, 3.8) is 0 Å². The molecule has 1 aromatic carbocycles. The Morgan fingerprint density at radius 3 is 2.19 bits per heavy atom. The molecule has 0 aromatic heterocycles. The number of carbonyl (C=O) groups is 2. The van der Waals surface area contributed by atoms with Gasteiger partial charge in [0.15, 0.2) is 6.61 Å². The second kappa shape index (κ2) is 9.57. The first-order valence-electron chi connectivity index (χ1n) is 9.37. The standard InChI is InChI=1S/C20H31N3O3/c1-15(2)17-5-7-18(8-6-17)26-14-20(25)23-11-9-22(10-12-23)13-19(24)21-16(3)4/h5-8,15-16H,9-14H2,1-4H3,(H,21,24). The number of carbonyl (C=O) groups excluding carboxylic acids is 2. The van der Waals surface area contributed by atoms with Crippen LogP contribution in [-0.2, 0) is 9.59 Å². The Balaban J connectivity index is 1.72. The fourth-order valence-electron chi connectivity index (χ4n) is 2.91. The van der Waals surface area contributed by atoms with E-state index in [4.69, 9.17) is 4.74 Å². The fraction of sp³-hybridized carbons (Fsp3) is 0.600. The summed E-state index contributed by atoms with van der Waals surface area (Å²) in [7, 11) is 0. The lowest BCUT2D eigenvalue weighted by molar-refractivity contribution is -0.135. The Hall–Kier alpha value is -2.08. The van der Waals surface area contributed by atoms with Crippen molar-refractivity contribution in [2.75, 3.05) is 39.3 Å². The van der Waals surface area contributed by atoms with Crippen LogP contribution in [0.2, 0.25) is 0 Å². The smallest absolute Gasteiger partial charge is 0.260 e. The Morgan fingerprint density at radius 1 is 1.04 bits per heavy atom. The predicted molar refractivity (Wildman–Crippen MR) is 102 cm³/mol. The van der Waals surface area contributed by atoms with Crippen LogP contribution in [0.4, 0.5) is 0 Å². The molecule has 0 bridgehead atoms. The summed E-state index contributed by atoms with van der Waals surface area (Å²) in [6, 6.07) is 8.04. The molecule has 26 heavy (non-hydrogen) atoms. The van der Waals surface area contributed by atoms with Crippen LogP contribution in [0.3, 0.4) is 0 Å². The molecule has 2 amide bonds. The minimum Gasteiger partial charge on any atom is -0.484 e. The second-order valence-corrected chi connectivity index (χ2v) is 7.39. The summed E-state index contributed by atoms with van der Waals surface area (Å²) in [4.78, 5) is 28.0. The summed E-state index contributed by atoms with van der Waals surface area (Å²) in [6.07, 6.45) is 0. The van der Waals surface area contributed by atoms with Crippen molar-refractivity contribution >= 4 is 11.8 Å². The number of rotatable bonds is 7. The van der Waals surface area contributed by atoms with Crippen LogP contribution in [-0.4, -0.2) is 67.0 Å². The third-order valence-electron chi connectivity index (χ3n) is 4.45. The fourth-order valence-corrected chi connectivity index (χ4v) is 2.91. The Kier molecular flexibility index (Phi) is 7.45. The van der Waals surface area contributed by atoms with Gasteiger partial charge >= 0.3 is 0 Å². The highest BCUT2D eigenvalue weighted by atomic mass is 16.5. The van der Waals surface area contributed by atoms with E-state index in [-0.39, 0.29) is 24.5 Å². The van der Waals surface area contributed by atoms with E-state index in [0.29, 0.717) is 44.4 Å². The van der Waals surface area contributed by atoms with Crippen LogP contribution in [0.5, 0.6) is 5.75 Å². The summed E-state index contributed by atoms with van der Waals surface area (Å²) in [5.41, 5.74) is 1.25. The molecular weight excluding hydrogens is 330 g/mol. The lowest BCUT2D eigenvalue weighted by Gasteiger charge is -2.34. The summed E-state index contributed by atoms with van der Waals surface area (Å²) in [6.45, 7) is 11.3. The molecule has 1 aliphatic rings. The van der Waals surface area contributed by atoms with Crippen LogP contribution in [0.1, 0.15) is 39.2 Å². The molecule has 144 valence electrons. The molecule has 6 nitrogen and oxygen atoms in total. The molecule has 0 atom stereocenters. The molecule has 1 heterocycles. The molecule has 0 aliphatic carbocycles. The third-order valence-corrected chi connectivity index (χ3v) is 4.45. The van der Waals surface area contributed by atoms with Gasteiger partial charge in [0, 0.05) is 32.2 Å². The first-order valence-corrected chi connectivity index (χ1v) is 9.37. The summed E-state index contributed by atoms with van der Waals surface area (Å²) < 4.78 is 5.62. The Morgan fingerprint density at radius 2 is 1.65 bits per heavy atom. The number of hydrogen-bond acceptors (Lipinski definition) is 4. The van der Waals surface area contributed by atoms with E-state index >= 15 is 0 Å². The highest BCUT2D eigenvalue weighted by molar-refractivity contribution is 5.79. The number of ether oxygens (including phenoxy) is 1. The van der Waals surface area contributed by atoms with Gasteiger partial charge < -0.3 is 15.0 Å². The molecule has 0 radical (unpaired) electrons. The number of piperazine rings is 1. The third kappa shape index (κ3) is 6.33. The van der Waals surface area contributed by atoms with Gasteiger partial charge in [-0.05, 0) is 37.5 Å². The maximum atomic E-state index is 12.3. The molecule has 1 aliphatic heterocycles. The quantitative estimate of drug-likeness (QED) is 0.805. The zero-order chi connectivity index (χ0) is 19.1. The Bertz CT molecular complexity index is 591. The zero-order valence-electron chi connectivity index (χ0n) is 16.3. The molecular formula is C20H31N3O3. The monoisotopic (exact) mass is 361 g/mol. The highest BCUT2D eigenvalue weighted by Gasteiger charge is 2.22. The van der Waals surface area contributed by atoms with Crippen LogP contribution < -0.4 is 10.1 Å². The number of hydrogen-bond donors (Lipinski definition) is 1. The van der Waals surface area contributed by atoms with Gasteiger partial charge in [0.2, 0.25) is 5.91 Å². The summed E-state index contributed by atoms with van der Waals surface area (Å²) >= 11 is 0. The molecule has 1 fully saturated rings. The predicted octanol–water partition coefficient (Wildman–Crippen LogP) is 1.86. The minimum absolute atomic E-state index is 0.00998. The van der Waals surface area contributed by atoms with Crippen LogP contribution in [0.25, 0.3) is 0 Å². The van der Waals surface area contributed by atoms with Crippen molar-refractivity contribution in [2.24, 2.45) is 0 Å². The van der Waals surface area contributed by atoms with Gasteiger partial charge in [0.05, 0.1) is 6.54 Å². The van der Waals surface area contributed by atoms with Gasteiger partial charge in [-0.15, -0.1) is 0 Å². The van der Waals surface area contributed by atoms with Crippen molar-refractivity contribution in [1.82, 2.24) is 15.1 Å². The number of benzene rings is 1. The van der Waals surface area contributed by atoms with Crippen molar-refractivity contribution in [3.8, 4) is 5.75 Å². The van der Waals surface area contributed by atoms with Gasteiger partial charge in [-0.25, -0.2) is 0 Å². The molecule has 1 N–H and O–H groups in total. The van der Waals surface area contributed by atoms with E-state index in [0.717, 1.165) is 0 Å². The average Bonchev–Trinajstić information content (AvgIpc) is 2.60. The highest BCUT2D eigenvalue weighted by Crippen LogP contribution is 2.18. The van der Waals surface area contributed by atoms with Crippen LogP contribution in [0.15, 0.2) is 24.3 Å². The van der Waals surface area contributed by atoms with Crippen molar-refractivity contribution < 1.29 is 14.3 Å². The van der Waals surface area contributed by atoms with Gasteiger partial charge in [-0.1, -0.05) is 26.0 Å². The number of nitrogens with zero attached hydrogens (tertiary/aromatic N) is 2. The molecule has 0 unspecified atom stereocenters. The Labute approximate surface area is 156 Å². The minimum atomic E-state index is -0.00998. The number of amides is 2. The van der Waals surface area contributed by atoms with E-state index in [9.17, 15) is 9.59 Å². The van der Waals surface area contributed by atoms with Crippen molar-refractivity contribution in [3.05, 3.63) is 29.8 Å². The van der Waals surface area contributed by atoms with Crippen LogP contribution in [0, 0.1) is 0 Å².